The maximum atomic E-state index is 12.9. The number of hydrogen-bond donors (Lipinski definition) is 0. The second-order valence-corrected chi connectivity index (χ2v) is 7.05. The van der Waals surface area contributed by atoms with Crippen molar-refractivity contribution in [1.82, 2.24) is 9.88 Å². The van der Waals surface area contributed by atoms with Crippen LogP contribution >= 0.6 is 11.3 Å². The van der Waals surface area contributed by atoms with Crippen molar-refractivity contribution in [2.24, 2.45) is 5.10 Å². The van der Waals surface area contributed by atoms with Crippen LogP contribution in [0.4, 0.5) is 10.8 Å². The molecule has 2 amide bonds. The molecule has 134 valence electrons. The average molecular weight is 369 g/mol. The average Bonchev–Trinajstić information content (AvgIpc) is 3.23. The van der Waals surface area contributed by atoms with E-state index in [1.54, 1.807) is 17.5 Å². The predicted octanol–water partition coefficient (Wildman–Crippen LogP) is 1.97. The van der Waals surface area contributed by atoms with Gasteiger partial charge in [-0.1, -0.05) is 18.2 Å². The number of thiazole rings is 1. The van der Waals surface area contributed by atoms with Gasteiger partial charge >= 0.3 is 0 Å². The lowest BCUT2D eigenvalue weighted by Gasteiger charge is -2.35. The minimum atomic E-state index is -0.0821. The summed E-state index contributed by atoms with van der Waals surface area (Å²) >= 11 is 1.61. The summed E-state index contributed by atoms with van der Waals surface area (Å²) in [6.07, 6.45) is 2.50. The lowest BCUT2D eigenvalue weighted by molar-refractivity contribution is -0.124. The van der Waals surface area contributed by atoms with E-state index >= 15 is 0 Å². The minimum absolute atomic E-state index is 0.0720. The fourth-order valence-corrected chi connectivity index (χ4v) is 3.83. The Kier molecular flexibility index (Phi) is 4.66. The molecule has 0 bridgehead atoms. The fraction of sp³-hybridized carbons (Fsp3) is 0.333. The van der Waals surface area contributed by atoms with Crippen LogP contribution in [0.25, 0.3) is 0 Å². The molecule has 0 saturated carbocycles. The van der Waals surface area contributed by atoms with Crippen LogP contribution in [0.15, 0.2) is 47.0 Å². The number of hydrogen-bond acceptors (Lipinski definition) is 6. The van der Waals surface area contributed by atoms with Crippen molar-refractivity contribution in [3.05, 3.63) is 41.9 Å². The van der Waals surface area contributed by atoms with Crippen LogP contribution < -0.4 is 9.91 Å². The van der Waals surface area contributed by atoms with E-state index in [2.05, 4.69) is 15.0 Å². The number of benzene rings is 1. The van der Waals surface area contributed by atoms with Gasteiger partial charge in [-0.05, 0) is 12.1 Å². The van der Waals surface area contributed by atoms with E-state index in [1.807, 2.05) is 40.6 Å². The zero-order chi connectivity index (χ0) is 17.9. The molecule has 1 saturated heterocycles. The zero-order valence-corrected chi connectivity index (χ0v) is 15.1. The van der Waals surface area contributed by atoms with Crippen molar-refractivity contribution in [3.63, 3.8) is 0 Å². The first-order valence-electron chi connectivity index (χ1n) is 8.61. The monoisotopic (exact) mass is 369 g/mol. The third-order valence-electron chi connectivity index (χ3n) is 4.54. The van der Waals surface area contributed by atoms with Gasteiger partial charge in [-0.25, -0.2) is 9.99 Å². The van der Waals surface area contributed by atoms with Gasteiger partial charge in [0.25, 0.3) is 5.91 Å². The molecule has 8 heteroatoms. The van der Waals surface area contributed by atoms with Crippen molar-refractivity contribution in [2.75, 3.05) is 36.1 Å². The molecule has 1 aromatic carbocycles. The molecule has 2 aliphatic rings. The first-order chi connectivity index (χ1) is 12.7. The van der Waals surface area contributed by atoms with Crippen LogP contribution in [-0.4, -0.2) is 53.6 Å². The van der Waals surface area contributed by atoms with E-state index in [9.17, 15) is 9.59 Å². The maximum Gasteiger partial charge on any atom is 0.270 e. The van der Waals surface area contributed by atoms with Gasteiger partial charge in [-0.15, -0.1) is 11.3 Å². The van der Waals surface area contributed by atoms with Gasteiger partial charge in [0.1, 0.15) is 5.71 Å². The number of carbonyl (C=O) groups is 2. The van der Waals surface area contributed by atoms with E-state index < -0.39 is 0 Å². The Morgan fingerprint density at radius 3 is 2.50 bits per heavy atom. The summed E-state index contributed by atoms with van der Waals surface area (Å²) in [5.74, 6) is -0.154. The Bertz CT molecular complexity index is 813. The van der Waals surface area contributed by atoms with Crippen LogP contribution in [0.2, 0.25) is 0 Å². The quantitative estimate of drug-likeness (QED) is 0.830. The van der Waals surface area contributed by atoms with E-state index in [0.717, 1.165) is 18.2 Å². The SMILES string of the molecule is O=C(C1=NN(c2ccccc2)C(=O)CC1)N1CCN(c2nccs2)CC1. The summed E-state index contributed by atoms with van der Waals surface area (Å²) in [5.41, 5.74) is 1.15. The minimum Gasteiger partial charge on any atom is -0.345 e. The van der Waals surface area contributed by atoms with Crippen LogP contribution in [0.3, 0.4) is 0 Å². The summed E-state index contributed by atoms with van der Waals surface area (Å²) in [7, 11) is 0. The number of carbonyl (C=O) groups excluding carboxylic acids is 2. The molecule has 0 atom stereocenters. The number of rotatable bonds is 3. The third kappa shape index (κ3) is 3.32. The Labute approximate surface area is 155 Å². The highest BCUT2D eigenvalue weighted by Gasteiger charge is 2.30. The second kappa shape index (κ2) is 7.25. The fourth-order valence-electron chi connectivity index (χ4n) is 3.13. The zero-order valence-electron chi connectivity index (χ0n) is 14.2. The Hall–Kier alpha value is -2.74. The molecule has 4 rings (SSSR count). The summed E-state index contributed by atoms with van der Waals surface area (Å²) in [6.45, 7) is 2.79. The maximum absolute atomic E-state index is 12.9. The first-order valence-corrected chi connectivity index (χ1v) is 9.49. The van der Waals surface area contributed by atoms with Crippen LogP contribution in [0, 0.1) is 0 Å². The van der Waals surface area contributed by atoms with Gasteiger partial charge in [0.15, 0.2) is 5.13 Å². The number of hydrazone groups is 1. The van der Waals surface area contributed by atoms with E-state index in [0.29, 0.717) is 37.3 Å². The molecule has 2 aliphatic heterocycles. The molecule has 0 aliphatic carbocycles. The Morgan fingerprint density at radius 2 is 1.81 bits per heavy atom. The molecular formula is C18H19N5O2S. The largest absolute Gasteiger partial charge is 0.345 e. The van der Waals surface area contributed by atoms with E-state index in [-0.39, 0.29) is 11.8 Å². The topological polar surface area (TPSA) is 69.1 Å². The van der Waals surface area contributed by atoms with Gasteiger partial charge in [0, 0.05) is 50.6 Å². The van der Waals surface area contributed by atoms with Crippen LogP contribution in [0.5, 0.6) is 0 Å². The number of para-hydroxylation sites is 1. The predicted molar refractivity (Wildman–Crippen MR) is 102 cm³/mol. The number of nitrogens with zero attached hydrogens (tertiary/aromatic N) is 5. The molecular weight excluding hydrogens is 350 g/mol. The molecule has 0 unspecified atom stereocenters. The lowest BCUT2D eigenvalue weighted by atomic mass is 10.1. The summed E-state index contributed by atoms with van der Waals surface area (Å²) < 4.78 is 0. The molecule has 0 spiro atoms. The molecule has 26 heavy (non-hydrogen) atoms. The molecule has 1 aromatic heterocycles. The van der Waals surface area contributed by atoms with E-state index in [1.165, 1.54) is 5.01 Å². The third-order valence-corrected chi connectivity index (χ3v) is 5.37. The van der Waals surface area contributed by atoms with E-state index in [4.69, 9.17) is 0 Å². The molecule has 2 aromatic rings. The van der Waals surface area contributed by atoms with Gasteiger partial charge in [0.05, 0.1) is 5.69 Å². The molecule has 1 fully saturated rings. The highest BCUT2D eigenvalue weighted by Crippen LogP contribution is 2.22. The number of anilines is 2. The van der Waals surface area contributed by atoms with Crippen LogP contribution in [-0.2, 0) is 9.59 Å². The second-order valence-electron chi connectivity index (χ2n) is 6.18. The first kappa shape index (κ1) is 16.7. The van der Waals surface area contributed by atoms with Crippen molar-refractivity contribution in [3.8, 4) is 0 Å². The Morgan fingerprint density at radius 1 is 1.04 bits per heavy atom. The van der Waals surface area contributed by atoms with Crippen molar-refractivity contribution in [1.29, 1.82) is 0 Å². The smallest absolute Gasteiger partial charge is 0.270 e. The summed E-state index contributed by atoms with van der Waals surface area (Å²) in [4.78, 5) is 33.4. The van der Waals surface area contributed by atoms with Crippen molar-refractivity contribution < 1.29 is 9.59 Å². The Balaban J connectivity index is 1.45. The molecule has 7 nitrogen and oxygen atoms in total. The number of piperazine rings is 1. The molecule has 0 N–H and O–H groups in total. The number of aromatic nitrogens is 1. The summed E-state index contributed by atoms with van der Waals surface area (Å²) in [6, 6.07) is 9.23. The van der Waals surface area contributed by atoms with Crippen molar-refractivity contribution >= 4 is 39.7 Å². The summed E-state index contributed by atoms with van der Waals surface area (Å²) in [5, 5.41) is 8.66. The highest BCUT2D eigenvalue weighted by atomic mass is 32.1. The normalized spacial score (nSPS) is 18.1. The highest BCUT2D eigenvalue weighted by molar-refractivity contribution is 7.13. The standard InChI is InChI=1S/C18H19N5O2S/c24-16-7-6-15(20-23(16)14-4-2-1-3-5-14)17(25)21-9-11-22(12-10-21)18-19-8-13-26-18/h1-5,8,13H,6-7,9-12H2. The number of amides is 2. The van der Waals surface area contributed by atoms with Gasteiger partial charge in [-0.3, -0.25) is 9.59 Å². The van der Waals surface area contributed by atoms with Gasteiger partial charge in [-0.2, -0.15) is 5.10 Å². The van der Waals surface area contributed by atoms with Gasteiger partial charge in [0.2, 0.25) is 5.91 Å². The molecule has 0 radical (unpaired) electrons. The van der Waals surface area contributed by atoms with Gasteiger partial charge < -0.3 is 9.80 Å². The van der Waals surface area contributed by atoms with Crippen LogP contribution in [0.1, 0.15) is 12.8 Å². The molecule has 3 heterocycles. The lowest BCUT2D eigenvalue weighted by Crippen LogP contribution is -2.51. The van der Waals surface area contributed by atoms with Crippen molar-refractivity contribution in [2.45, 2.75) is 12.8 Å².